The molecule has 0 aliphatic rings. The van der Waals surface area contributed by atoms with Crippen molar-refractivity contribution in [2.24, 2.45) is 5.73 Å². The molecule has 2 atom stereocenters. The molecule has 1 aromatic rings. The topological polar surface area (TPSA) is 94.4 Å². The smallest absolute Gasteiger partial charge is 0.246 e. The van der Waals surface area contributed by atoms with Crippen LogP contribution in [0.1, 0.15) is 37.7 Å². The first-order chi connectivity index (χ1) is 7.19. The van der Waals surface area contributed by atoms with Crippen LogP contribution >= 0.6 is 0 Å². The summed E-state index contributed by atoms with van der Waals surface area (Å²) in [4.78, 5) is 0. The molecule has 1 rings (SSSR count). The van der Waals surface area contributed by atoms with E-state index >= 15 is 0 Å². The lowest BCUT2D eigenvalue weighted by atomic mass is 10.1. The zero-order chi connectivity index (χ0) is 11.3. The second-order valence-electron chi connectivity index (χ2n) is 3.36. The van der Waals surface area contributed by atoms with E-state index in [-0.39, 0.29) is 18.5 Å². The van der Waals surface area contributed by atoms with Crippen molar-refractivity contribution >= 4 is 0 Å². The van der Waals surface area contributed by atoms with Crippen molar-refractivity contribution < 1.29 is 14.3 Å². The summed E-state index contributed by atoms with van der Waals surface area (Å²) in [7, 11) is 1.53. The average Bonchev–Trinajstić information content (AvgIpc) is 2.66. The molecule has 0 aliphatic carbocycles. The second-order valence-corrected chi connectivity index (χ2v) is 3.36. The molecule has 0 saturated heterocycles. The Bertz CT molecular complexity index is 290. The monoisotopic (exact) mass is 215 g/mol. The molecule has 86 valence electrons. The minimum atomic E-state index is -0.900. The number of methoxy groups -OCH3 is 1. The number of aliphatic hydroxyl groups is 1. The molecule has 0 aliphatic heterocycles. The van der Waals surface area contributed by atoms with Crippen molar-refractivity contribution in [2.45, 2.75) is 38.5 Å². The maximum absolute atomic E-state index is 9.74. The molecule has 6 nitrogen and oxygen atoms in total. The van der Waals surface area contributed by atoms with E-state index in [4.69, 9.17) is 14.9 Å². The number of hydrogen-bond acceptors (Lipinski definition) is 6. The maximum atomic E-state index is 9.74. The molecule has 15 heavy (non-hydrogen) atoms. The van der Waals surface area contributed by atoms with Crippen molar-refractivity contribution in [1.82, 2.24) is 10.2 Å². The van der Waals surface area contributed by atoms with Gasteiger partial charge in [0, 0.05) is 13.2 Å². The minimum Gasteiger partial charge on any atom is -0.420 e. The normalized spacial score (nSPS) is 15.2. The Morgan fingerprint density at radius 2 is 2.27 bits per heavy atom. The van der Waals surface area contributed by atoms with E-state index in [2.05, 4.69) is 10.2 Å². The fourth-order valence-corrected chi connectivity index (χ4v) is 1.24. The first-order valence-corrected chi connectivity index (χ1v) is 4.93. The van der Waals surface area contributed by atoms with Crippen LogP contribution in [0.2, 0.25) is 0 Å². The minimum absolute atomic E-state index is 0.156. The third-order valence-electron chi connectivity index (χ3n) is 2.03. The Morgan fingerprint density at radius 3 is 2.87 bits per heavy atom. The molecule has 0 amide bonds. The van der Waals surface area contributed by atoms with Gasteiger partial charge in [-0.3, -0.25) is 0 Å². The maximum Gasteiger partial charge on any atom is 0.246 e. The van der Waals surface area contributed by atoms with Crippen LogP contribution < -0.4 is 5.73 Å². The Morgan fingerprint density at radius 1 is 1.53 bits per heavy atom. The average molecular weight is 215 g/mol. The molecule has 0 bridgehead atoms. The molecule has 0 saturated carbocycles. The second kappa shape index (κ2) is 5.79. The number of nitrogens with two attached hydrogens (primary N) is 1. The SMILES string of the molecule is CCCC(N)C(O)c1nnc(COC)o1. The van der Waals surface area contributed by atoms with Crippen molar-refractivity contribution in [3.05, 3.63) is 11.8 Å². The molecule has 0 aromatic carbocycles. The van der Waals surface area contributed by atoms with Crippen molar-refractivity contribution in [3.63, 3.8) is 0 Å². The Labute approximate surface area is 88.4 Å². The fraction of sp³-hybridized carbons (Fsp3) is 0.778. The van der Waals surface area contributed by atoms with Crippen LogP contribution in [-0.4, -0.2) is 28.5 Å². The standard InChI is InChI=1S/C9H17N3O3/c1-3-4-6(10)8(13)9-12-11-7(15-9)5-14-2/h6,8,13H,3-5,10H2,1-2H3. The van der Waals surface area contributed by atoms with Crippen molar-refractivity contribution in [2.75, 3.05) is 7.11 Å². The third kappa shape index (κ3) is 3.26. The summed E-state index contributed by atoms with van der Waals surface area (Å²) in [6.07, 6.45) is 0.712. The Kier molecular flexibility index (Phi) is 4.67. The molecule has 0 spiro atoms. The largest absolute Gasteiger partial charge is 0.420 e. The number of rotatable bonds is 6. The molecule has 1 aromatic heterocycles. The Balaban J connectivity index is 2.60. The van der Waals surface area contributed by atoms with E-state index in [1.807, 2.05) is 6.92 Å². The van der Waals surface area contributed by atoms with Crippen LogP contribution in [-0.2, 0) is 11.3 Å². The number of hydrogen-bond donors (Lipinski definition) is 2. The lowest BCUT2D eigenvalue weighted by Gasteiger charge is -2.13. The number of aromatic nitrogens is 2. The first kappa shape index (κ1) is 12.1. The van der Waals surface area contributed by atoms with Gasteiger partial charge < -0.3 is 20.0 Å². The summed E-state index contributed by atoms with van der Waals surface area (Å²) in [6, 6.07) is -0.370. The summed E-state index contributed by atoms with van der Waals surface area (Å²) < 4.78 is 10.00. The third-order valence-corrected chi connectivity index (χ3v) is 2.03. The van der Waals surface area contributed by atoms with Gasteiger partial charge in [0.05, 0.1) is 0 Å². The Hall–Kier alpha value is -0.980. The van der Waals surface area contributed by atoms with Crippen LogP contribution in [0.5, 0.6) is 0 Å². The predicted octanol–water partition coefficient (Wildman–Crippen LogP) is 0.377. The number of nitrogens with zero attached hydrogens (tertiary/aromatic N) is 2. The zero-order valence-electron chi connectivity index (χ0n) is 9.01. The van der Waals surface area contributed by atoms with Gasteiger partial charge >= 0.3 is 0 Å². The van der Waals surface area contributed by atoms with Gasteiger partial charge in [-0.1, -0.05) is 13.3 Å². The number of aliphatic hydroxyl groups excluding tert-OH is 1. The highest BCUT2D eigenvalue weighted by atomic mass is 16.5. The van der Waals surface area contributed by atoms with Crippen molar-refractivity contribution in [3.8, 4) is 0 Å². The van der Waals surface area contributed by atoms with Gasteiger partial charge in [-0.15, -0.1) is 10.2 Å². The van der Waals surface area contributed by atoms with Crippen LogP contribution in [0.15, 0.2) is 4.42 Å². The van der Waals surface area contributed by atoms with Crippen LogP contribution in [0.25, 0.3) is 0 Å². The summed E-state index contributed by atoms with van der Waals surface area (Å²) in [5.74, 6) is 0.498. The molecular weight excluding hydrogens is 198 g/mol. The van der Waals surface area contributed by atoms with Crippen LogP contribution in [0.3, 0.4) is 0 Å². The lowest BCUT2D eigenvalue weighted by Crippen LogP contribution is -2.28. The van der Waals surface area contributed by atoms with E-state index in [1.165, 1.54) is 7.11 Å². The van der Waals surface area contributed by atoms with Gasteiger partial charge in [0.2, 0.25) is 11.8 Å². The number of ether oxygens (including phenoxy) is 1. The van der Waals surface area contributed by atoms with Gasteiger partial charge in [-0.2, -0.15) is 0 Å². The first-order valence-electron chi connectivity index (χ1n) is 4.93. The van der Waals surface area contributed by atoms with Gasteiger partial charge in [-0.05, 0) is 6.42 Å². The summed E-state index contributed by atoms with van der Waals surface area (Å²) in [6.45, 7) is 2.24. The van der Waals surface area contributed by atoms with Gasteiger partial charge in [0.15, 0.2) is 0 Å². The van der Waals surface area contributed by atoms with E-state index in [9.17, 15) is 5.11 Å². The van der Waals surface area contributed by atoms with Crippen molar-refractivity contribution in [1.29, 1.82) is 0 Å². The molecule has 3 N–H and O–H groups in total. The highest BCUT2D eigenvalue weighted by Gasteiger charge is 2.22. The molecule has 0 fully saturated rings. The molecule has 1 heterocycles. The highest BCUT2D eigenvalue weighted by molar-refractivity contribution is 4.90. The van der Waals surface area contributed by atoms with Gasteiger partial charge in [0.25, 0.3) is 0 Å². The van der Waals surface area contributed by atoms with E-state index in [1.54, 1.807) is 0 Å². The van der Waals surface area contributed by atoms with Crippen LogP contribution in [0, 0.1) is 0 Å². The quantitative estimate of drug-likeness (QED) is 0.712. The van der Waals surface area contributed by atoms with Crippen LogP contribution in [0.4, 0.5) is 0 Å². The summed E-state index contributed by atoms with van der Waals surface area (Å²) in [5.41, 5.74) is 5.73. The van der Waals surface area contributed by atoms with Gasteiger partial charge in [-0.25, -0.2) is 0 Å². The predicted molar refractivity (Wildman–Crippen MR) is 52.9 cm³/mol. The fourth-order valence-electron chi connectivity index (χ4n) is 1.24. The molecular formula is C9H17N3O3. The van der Waals surface area contributed by atoms with E-state index < -0.39 is 6.10 Å². The van der Waals surface area contributed by atoms with Gasteiger partial charge in [0.1, 0.15) is 12.7 Å². The summed E-state index contributed by atoms with van der Waals surface area (Å²) in [5, 5.41) is 17.2. The summed E-state index contributed by atoms with van der Waals surface area (Å²) >= 11 is 0. The highest BCUT2D eigenvalue weighted by Crippen LogP contribution is 2.17. The van der Waals surface area contributed by atoms with E-state index in [0.717, 1.165) is 6.42 Å². The molecule has 6 heteroatoms. The molecule has 0 radical (unpaired) electrons. The zero-order valence-corrected chi connectivity index (χ0v) is 9.01. The lowest BCUT2D eigenvalue weighted by molar-refractivity contribution is 0.103. The molecule has 2 unspecified atom stereocenters. The van der Waals surface area contributed by atoms with E-state index in [0.29, 0.717) is 12.3 Å².